The van der Waals surface area contributed by atoms with E-state index in [9.17, 15) is 0 Å². The van der Waals surface area contributed by atoms with Crippen molar-refractivity contribution in [3.63, 3.8) is 0 Å². The van der Waals surface area contributed by atoms with Crippen molar-refractivity contribution in [2.24, 2.45) is 4.99 Å². The van der Waals surface area contributed by atoms with Crippen LogP contribution in [0.3, 0.4) is 0 Å². The maximum absolute atomic E-state index is 5.18. The van der Waals surface area contributed by atoms with E-state index in [2.05, 4.69) is 25.5 Å². The quantitative estimate of drug-likeness (QED) is 0.388. The molecule has 0 radical (unpaired) electrons. The van der Waals surface area contributed by atoms with Crippen LogP contribution in [0, 0.1) is 0 Å². The van der Waals surface area contributed by atoms with Crippen LogP contribution in [0.2, 0.25) is 0 Å². The number of ether oxygens (including phenoxy) is 1. The molecule has 1 aliphatic heterocycles. The smallest absolute Gasteiger partial charge is 0.191 e. The Hall–Kier alpha value is -0.930. The number of pyridine rings is 1. The van der Waals surface area contributed by atoms with E-state index in [0.717, 1.165) is 37.9 Å². The van der Waals surface area contributed by atoms with Gasteiger partial charge >= 0.3 is 0 Å². The van der Waals surface area contributed by atoms with E-state index < -0.39 is 0 Å². The van der Waals surface area contributed by atoms with Crippen molar-refractivity contribution in [1.82, 2.24) is 20.5 Å². The minimum atomic E-state index is 0. The third-order valence-electron chi connectivity index (χ3n) is 3.97. The van der Waals surface area contributed by atoms with Crippen LogP contribution in [-0.4, -0.2) is 62.3 Å². The van der Waals surface area contributed by atoms with E-state index in [1.807, 2.05) is 18.2 Å². The molecule has 130 valence electrons. The van der Waals surface area contributed by atoms with Crippen LogP contribution in [0.1, 0.15) is 18.5 Å². The molecule has 0 bridgehead atoms. The summed E-state index contributed by atoms with van der Waals surface area (Å²) in [6, 6.07) is 6.48. The van der Waals surface area contributed by atoms with Crippen molar-refractivity contribution >= 4 is 29.9 Å². The second kappa shape index (κ2) is 11.6. The number of nitrogens with zero attached hydrogens (tertiary/aromatic N) is 3. The van der Waals surface area contributed by atoms with Gasteiger partial charge < -0.3 is 15.4 Å². The summed E-state index contributed by atoms with van der Waals surface area (Å²) >= 11 is 0. The van der Waals surface area contributed by atoms with Crippen LogP contribution in [0.15, 0.2) is 29.4 Å². The Kier molecular flexibility index (Phi) is 10.1. The average Bonchev–Trinajstić information content (AvgIpc) is 3.01. The third kappa shape index (κ3) is 7.01. The molecule has 23 heavy (non-hydrogen) atoms. The summed E-state index contributed by atoms with van der Waals surface area (Å²) in [5, 5.41) is 6.72. The topological polar surface area (TPSA) is 61.8 Å². The number of methoxy groups -OCH3 is 1. The van der Waals surface area contributed by atoms with Crippen LogP contribution in [0.4, 0.5) is 0 Å². The summed E-state index contributed by atoms with van der Waals surface area (Å²) in [5.41, 5.74) is 1.01. The molecule has 6 nitrogen and oxygen atoms in total. The first-order valence-electron chi connectivity index (χ1n) is 7.91. The largest absolute Gasteiger partial charge is 0.383 e. The fraction of sp³-hybridized carbons (Fsp3) is 0.625. The second-order valence-electron chi connectivity index (χ2n) is 5.45. The molecule has 1 fully saturated rings. The maximum atomic E-state index is 5.18. The van der Waals surface area contributed by atoms with Gasteiger partial charge in [0.25, 0.3) is 0 Å². The molecule has 2 heterocycles. The van der Waals surface area contributed by atoms with Gasteiger partial charge in [-0.25, -0.2) is 0 Å². The van der Waals surface area contributed by atoms with Crippen molar-refractivity contribution in [2.45, 2.75) is 25.4 Å². The van der Waals surface area contributed by atoms with Crippen LogP contribution >= 0.6 is 24.0 Å². The zero-order valence-electron chi connectivity index (χ0n) is 14.0. The summed E-state index contributed by atoms with van der Waals surface area (Å²) < 4.78 is 5.18. The SMILES string of the molecule is CN=C(NCc1ccccn1)NCC1CCCN1CCOC.I. The van der Waals surface area contributed by atoms with Gasteiger partial charge in [-0.1, -0.05) is 6.07 Å². The predicted molar refractivity (Wildman–Crippen MR) is 104 cm³/mol. The van der Waals surface area contributed by atoms with Gasteiger partial charge in [0.15, 0.2) is 5.96 Å². The number of aromatic nitrogens is 1. The van der Waals surface area contributed by atoms with Crippen molar-refractivity contribution in [2.75, 3.05) is 40.4 Å². The highest BCUT2D eigenvalue weighted by Gasteiger charge is 2.23. The first-order valence-corrected chi connectivity index (χ1v) is 7.91. The van der Waals surface area contributed by atoms with Gasteiger partial charge in [-0.3, -0.25) is 14.9 Å². The first-order chi connectivity index (χ1) is 10.8. The Morgan fingerprint density at radius 1 is 1.43 bits per heavy atom. The van der Waals surface area contributed by atoms with Crippen molar-refractivity contribution in [3.05, 3.63) is 30.1 Å². The molecule has 2 N–H and O–H groups in total. The third-order valence-corrected chi connectivity index (χ3v) is 3.97. The molecule has 0 amide bonds. The van der Waals surface area contributed by atoms with Gasteiger partial charge in [0.1, 0.15) is 0 Å². The summed E-state index contributed by atoms with van der Waals surface area (Å²) in [4.78, 5) is 11.1. The number of guanidine groups is 1. The summed E-state index contributed by atoms with van der Waals surface area (Å²) in [6.45, 7) is 4.55. The Labute approximate surface area is 156 Å². The second-order valence-corrected chi connectivity index (χ2v) is 5.45. The molecule has 1 aromatic heterocycles. The predicted octanol–water partition coefficient (Wildman–Crippen LogP) is 1.48. The van der Waals surface area contributed by atoms with Gasteiger partial charge in [-0.2, -0.15) is 0 Å². The Morgan fingerprint density at radius 3 is 3.00 bits per heavy atom. The average molecular weight is 433 g/mol. The number of nitrogens with one attached hydrogen (secondary N) is 2. The van der Waals surface area contributed by atoms with Crippen LogP contribution < -0.4 is 10.6 Å². The Bertz CT molecular complexity index is 457. The lowest BCUT2D eigenvalue weighted by molar-refractivity contribution is 0.141. The molecule has 1 unspecified atom stereocenters. The lowest BCUT2D eigenvalue weighted by Crippen LogP contribution is -2.45. The molecule has 0 aromatic carbocycles. The molecule has 7 heteroatoms. The van der Waals surface area contributed by atoms with Crippen LogP contribution in [0.25, 0.3) is 0 Å². The highest BCUT2D eigenvalue weighted by atomic mass is 127. The molecule has 0 aliphatic carbocycles. The molecule has 2 rings (SSSR count). The minimum Gasteiger partial charge on any atom is -0.383 e. The fourth-order valence-corrected chi connectivity index (χ4v) is 2.74. The van der Waals surface area contributed by atoms with Gasteiger partial charge in [0, 0.05) is 39.5 Å². The zero-order chi connectivity index (χ0) is 15.6. The van der Waals surface area contributed by atoms with Gasteiger partial charge in [0.2, 0.25) is 0 Å². The van der Waals surface area contributed by atoms with Crippen molar-refractivity contribution < 1.29 is 4.74 Å². The van der Waals surface area contributed by atoms with E-state index in [0.29, 0.717) is 12.6 Å². The monoisotopic (exact) mass is 433 g/mol. The summed E-state index contributed by atoms with van der Waals surface area (Å²) in [7, 11) is 3.55. The zero-order valence-corrected chi connectivity index (χ0v) is 16.3. The summed E-state index contributed by atoms with van der Waals surface area (Å²) in [5.74, 6) is 0.823. The first kappa shape index (κ1) is 20.1. The van der Waals surface area contributed by atoms with Gasteiger partial charge in [-0.15, -0.1) is 24.0 Å². The van der Waals surface area contributed by atoms with E-state index in [4.69, 9.17) is 4.74 Å². The van der Waals surface area contributed by atoms with Crippen molar-refractivity contribution in [1.29, 1.82) is 0 Å². The van der Waals surface area contributed by atoms with E-state index in [1.165, 1.54) is 12.8 Å². The molecule has 0 saturated carbocycles. The molecular weight excluding hydrogens is 405 g/mol. The number of hydrogen-bond donors (Lipinski definition) is 2. The molecular formula is C16H28IN5O. The van der Waals surface area contributed by atoms with Crippen LogP contribution in [0.5, 0.6) is 0 Å². The number of hydrogen-bond acceptors (Lipinski definition) is 4. The molecule has 1 aromatic rings. The Morgan fingerprint density at radius 2 is 2.30 bits per heavy atom. The highest BCUT2D eigenvalue weighted by Crippen LogP contribution is 2.15. The van der Waals surface area contributed by atoms with E-state index in [1.54, 1.807) is 20.4 Å². The lowest BCUT2D eigenvalue weighted by atomic mass is 10.2. The molecule has 0 spiro atoms. The van der Waals surface area contributed by atoms with Crippen LogP contribution in [-0.2, 0) is 11.3 Å². The number of rotatable bonds is 7. The van der Waals surface area contributed by atoms with Gasteiger partial charge in [-0.05, 0) is 31.5 Å². The summed E-state index contributed by atoms with van der Waals surface area (Å²) in [6.07, 6.45) is 4.30. The van der Waals surface area contributed by atoms with Gasteiger partial charge in [0.05, 0.1) is 18.8 Å². The Balaban J connectivity index is 0.00000264. The fourth-order valence-electron chi connectivity index (χ4n) is 2.74. The minimum absolute atomic E-state index is 0. The normalized spacial score (nSPS) is 18.5. The number of halogens is 1. The molecule has 1 saturated heterocycles. The standard InChI is InChI=1S/C16H27N5O.HI/c1-17-16(19-12-14-6-3-4-8-18-14)20-13-15-7-5-9-21(15)10-11-22-2;/h3-4,6,8,15H,5,7,9-13H2,1-2H3,(H2,17,19,20);1H. The molecule has 1 aliphatic rings. The number of likely N-dealkylation sites (tertiary alicyclic amines) is 1. The molecule has 1 atom stereocenters. The lowest BCUT2D eigenvalue weighted by Gasteiger charge is -2.25. The van der Waals surface area contributed by atoms with E-state index in [-0.39, 0.29) is 24.0 Å². The highest BCUT2D eigenvalue weighted by molar-refractivity contribution is 14.0. The van der Waals surface area contributed by atoms with Crippen molar-refractivity contribution in [3.8, 4) is 0 Å². The number of aliphatic imine (C=N–C) groups is 1. The van der Waals surface area contributed by atoms with E-state index >= 15 is 0 Å². The maximum Gasteiger partial charge on any atom is 0.191 e.